The van der Waals surface area contributed by atoms with Crippen LogP contribution in [0.4, 0.5) is 0 Å². The molecule has 2 aromatic rings. The van der Waals surface area contributed by atoms with E-state index >= 15 is 0 Å². The van der Waals surface area contributed by atoms with Gasteiger partial charge in [-0.3, -0.25) is 38.9 Å². The highest BCUT2D eigenvalue weighted by Crippen LogP contribution is 2.62. The number of nitrogens with zero attached hydrogens (tertiary/aromatic N) is 4. The minimum Gasteiger partial charge on any atom is -0.481 e. The average Bonchev–Trinajstić information content (AvgIpc) is 2.88. The molecule has 4 rings (SSSR count). The van der Waals surface area contributed by atoms with Crippen LogP contribution in [0.1, 0.15) is 36.3 Å². The molecule has 2 bridgehead atoms. The Morgan fingerprint density at radius 1 is 1.00 bits per heavy atom. The van der Waals surface area contributed by atoms with E-state index < -0.39 is 72.7 Å². The highest BCUT2D eigenvalue weighted by molar-refractivity contribution is 5.84. The molecule has 2 saturated heterocycles. The zero-order valence-corrected chi connectivity index (χ0v) is 20.5. The maximum Gasteiger partial charge on any atom is 0.315 e. The Bertz CT molecular complexity index is 1120. The Kier molecular flexibility index (Phi) is 7.44. The summed E-state index contributed by atoms with van der Waals surface area (Å²) >= 11 is 0. The maximum atomic E-state index is 13.2. The van der Waals surface area contributed by atoms with Crippen LogP contribution < -0.4 is 0 Å². The summed E-state index contributed by atoms with van der Waals surface area (Å²) in [5.41, 5.74) is -3.79. The third-order valence-electron chi connectivity index (χ3n) is 7.65. The number of aliphatic hydroxyl groups excluding tert-OH is 1. The maximum absolute atomic E-state index is 13.2. The molecule has 6 atom stereocenters. The summed E-state index contributed by atoms with van der Waals surface area (Å²) in [7, 11) is 1.57. The first kappa shape index (κ1) is 27.1. The summed E-state index contributed by atoms with van der Waals surface area (Å²) in [6.45, 7) is -0.791. The van der Waals surface area contributed by atoms with E-state index in [1.165, 1.54) is 17.3 Å². The van der Waals surface area contributed by atoms with Crippen LogP contribution in [0.3, 0.4) is 0 Å². The minimum absolute atomic E-state index is 0.104. The average molecular weight is 529 g/mol. The van der Waals surface area contributed by atoms with Crippen LogP contribution in [-0.2, 0) is 23.9 Å². The number of likely N-dealkylation sites (tertiary alicyclic amines) is 2. The van der Waals surface area contributed by atoms with Gasteiger partial charge in [-0.05, 0) is 31.3 Å². The summed E-state index contributed by atoms with van der Waals surface area (Å²) in [6, 6.07) is 7.47. The highest BCUT2D eigenvalue weighted by atomic mass is 16.5. The number of carbonyl (C=O) groups is 4. The van der Waals surface area contributed by atoms with E-state index in [1.54, 1.807) is 48.3 Å². The van der Waals surface area contributed by atoms with Gasteiger partial charge < -0.3 is 25.2 Å². The second-order valence-electron chi connectivity index (χ2n) is 9.60. The quantitative estimate of drug-likeness (QED) is 0.310. The Balaban J connectivity index is 2.00. The molecule has 2 fully saturated rings. The van der Waals surface area contributed by atoms with Gasteiger partial charge in [0.1, 0.15) is 10.8 Å². The fourth-order valence-electron chi connectivity index (χ4n) is 6.18. The second kappa shape index (κ2) is 10.4. The first-order valence-corrected chi connectivity index (χ1v) is 11.8. The van der Waals surface area contributed by atoms with Crippen LogP contribution in [0.25, 0.3) is 0 Å². The molecular formula is C25H28N4O9. The van der Waals surface area contributed by atoms with Gasteiger partial charge in [-0.1, -0.05) is 12.1 Å². The molecule has 13 nitrogen and oxygen atoms in total. The predicted molar refractivity (Wildman–Crippen MR) is 127 cm³/mol. The lowest BCUT2D eigenvalue weighted by Crippen LogP contribution is -2.77. The van der Waals surface area contributed by atoms with Crippen molar-refractivity contribution in [3.63, 3.8) is 0 Å². The lowest BCUT2D eigenvalue weighted by molar-refractivity contribution is -0.258. The number of hydrogen-bond donors (Lipinski definition) is 4. The number of carboxylic acids is 3. The number of aliphatic carboxylic acids is 3. The van der Waals surface area contributed by atoms with Gasteiger partial charge >= 0.3 is 17.9 Å². The molecule has 0 aromatic carbocycles. The fourth-order valence-corrected chi connectivity index (χ4v) is 6.18. The molecule has 0 aliphatic carbocycles. The lowest BCUT2D eigenvalue weighted by Gasteiger charge is -2.64. The Morgan fingerprint density at radius 2 is 1.50 bits per heavy atom. The van der Waals surface area contributed by atoms with Crippen molar-refractivity contribution in [2.24, 2.45) is 10.8 Å². The van der Waals surface area contributed by atoms with Crippen molar-refractivity contribution in [2.75, 3.05) is 20.1 Å². The Morgan fingerprint density at radius 3 is 1.87 bits per heavy atom. The highest BCUT2D eigenvalue weighted by Gasteiger charge is 2.75. The lowest BCUT2D eigenvalue weighted by atomic mass is 9.53. The molecule has 38 heavy (non-hydrogen) atoms. The van der Waals surface area contributed by atoms with Gasteiger partial charge in [-0.15, -0.1) is 0 Å². The Labute approximate surface area is 217 Å². The van der Waals surface area contributed by atoms with Crippen LogP contribution in [0.15, 0.2) is 48.8 Å². The van der Waals surface area contributed by atoms with Gasteiger partial charge in [0.2, 0.25) is 0 Å². The van der Waals surface area contributed by atoms with E-state index in [1.807, 2.05) is 0 Å². The number of carboxylic acid groups (broad SMARTS) is 3. The molecular weight excluding hydrogens is 500 g/mol. The third-order valence-corrected chi connectivity index (χ3v) is 7.65. The van der Waals surface area contributed by atoms with E-state index in [0.717, 1.165) is 0 Å². The van der Waals surface area contributed by atoms with Crippen molar-refractivity contribution in [3.8, 4) is 0 Å². The third kappa shape index (κ3) is 4.18. The standard InChI is InChI=1S/C25H28N4O9/c1-28-19(15-6-2-4-10-26-15)24(22(34)35)12-29(17(38-14-30)8-9-18(31)32)13-25(21(24)33,23(36)37)20(28)16-7-3-5-11-27-16/h2-7,10-11,14,17,19-21,33H,8-9,12-13H2,1H3,(H,31,32)(H,34,35)(H,36,37)/t17-,19-,20+,21?,24?,25?/m1/s1. The van der Waals surface area contributed by atoms with Gasteiger partial charge in [0.05, 0.1) is 36.0 Å². The number of carbonyl (C=O) groups excluding carboxylic acids is 1. The summed E-state index contributed by atoms with van der Waals surface area (Å²) in [5.74, 6) is -4.14. The summed E-state index contributed by atoms with van der Waals surface area (Å²) < 4.78 is 5.16. The molecule has 0 amide bonds. The van der Waals surface area contributed by atoms with E-state index in [2.05, 4.69) is 9.97 Å². The van der Waals surface area contributed by atoms with Crippen LogP contribution in [0.2, 0.25) is 0 Å². The summed E-state index contributed by atoms with van der Waals surface area (Å²) in [6.07, 6.45) is -0.922. The van der Waals surface area contributed by atoms with Gasteiger partial charge in [0, 0.05) is 31.9 Å². The SMILES string of the molecule is CN1[C@@H](c2ccccn2)C2(C(=O)O)CN([C@@H](CCC(=O)O)OC=O)CC(C(=O)O)(C2O)[C@H]1c1ccccn1. The molecule has 0 radical (unpaired) electrons. The van der Waals surface area contributed by atoms with Crippen molar-refractivity contribution in [1.82, 2.24) is 19.8 Å². The monoisotopic (exact) mass is 528 g/mol. The number of aromatic nitrogens is 2. The van der Waals surface area contributed by atoms with Crippen LogP contribution in [0, 0.1) is 10.8 Å². The topological polar surface area (TPSA) is 191 Å². The minimum atomic E-state index is -2.17. The van der Waals surface area contributed by atoms with Crippen LogP contribution in [0.5, 0.6) is 0 Å². The fraction of sp³-hybridized carbons (Fsp3) is 0.440. The molecule has 2 aromatic heterocycles. The van der Waals surface area contributed by atoms with Crippen LogP contribution >= 0.6 is 0 Å². The molecule has 4 heterocycles. The van der Waals surface area contributed by atoms with E-state index in [-0.39, 0.29) is 24.3 Å². The molecule has 3 unspecified atom stereocenters. The zero-order valence-electron chi connectivity index (χ0n) is 20.5. The molecule has 202 valence electrons. The first-order chi connectivity index (χ1) is 18.1. The zero-order chi connectivity index (χ0) is 27.7. The number of hydrogen-bond acceptors (Lipinski definition) is 10. The summed E-state index contributed by atoms with van der Waals surface area (Å²) in [5, 5.41) is 42.5. The first-order valence-electron chi connectivity index (χ1n) is 11.8. The predicted octanol–water partition coefficient (Wildman–Crippen LogP) is 0.387. The van der Waals surface area contributed by atoms with Crippen molar-refractivity contribution in [1.29, 1.82) is 0 Å². The molecule has 2 aliphatic heterocycles. The van der Waals surface area contributed by atoms with Crippen molar-refractivity contribution in [3.05, 3.63) is 60.2 Å². The van der Waals surface area contributed by atoms with Gasteiger partial charge in [-0.25, -0.2) is 0 Å². The number of aliphatic hydroxyl groups is 1. The molecule has 4 N–H and O–H groups in total. The number of ether oxygens (including phenoxy) is 1. The second-order valence-corrected chi connectivity index (χ2v) is 9.60. The normalized spacial score (nSPS) is 30.2. The van der Waals surface area contributed by atoms with Gasteiger partial charge in [0.25, 0.3) is 6.47 Å². The molecule has 13 heteroatoms. The summed E-state index contributed by atoms with van der Waals surface area (Å²) in [4.78, 5) is 60.6. The molecule has 0 spiro atoms. The smallest absolute Gasteiger partial charge is 0.315 e. The van der Waals surface area contributed by atoms with Gasteiger partial charge in [0.15, 0.2) is 6.23 Å². The largest absolute Gasteiger partial charge is 0.481 e. The number of piperidine rings is 2. The number of rotatable bonds is 10. The van der Waals surface area contributed by atoms with E-state index in [0.29, 0.717) is 0 Å². The van der Waals surface area contributed by atoms with Crippen molar-refractivity contribution in [2.45, 2.75) is 37.3 Å². The van der Waals surface area contributed by atoms with Crippen LogP contribution in [-0.4, -0.2) is 97.0 Å². The number of pyridine rings is 2. The van der Waals surface area contributed by atoms with E-state index in [9.17, 15) is 39.6 Å². The van der Waals surface area contributed by atoms with E-state index in [4.69, 9.17) is 4.74 Å². The molecule has 2 aliphatic rings. The molecule has 0 saturated carbocycles. The van der Waals surface area contributed by atoms with Gasteiger partial charge in [-0.2, -0.15) is 0 Å². The van der Waals surface area contributed by atoms with Crippen molar-refractivity contribution < 1.29 is 44.3 Å². The Hall–Kier alpha value is -3.94. The number of fused-ring (bicyclic) bond motifs is 2. The van der Waals surface area contributed by atoms with Crippen molar-refractivity contribution >= 4 is 24.4 Å².